The Morgan fingerprint density at radius 1 is 1.25 bits per heavy atom. The van der Waals surface area contributed by atoms with E-state index in [0.29, 0.717) is 21.6 Å². The number of benzene rings is 1. The Hall–Kier alpha value is -0.830. The number of nitrogens with one attached hydrogen (secondary N) is 2. The van der Waals surface area contributed by atoms with Gasteiger partial charge in [-0.2, -0.15) is 0 Å². The van der Waals surface area contributed by atoms with Crippen molar-refractivity contribution in [3.05, 3.63) is 33.6 Å². The largest absolute Gasteiger partial charge is 0.302 e. The summed E-state index contributed by atoms with van der Waals surface area (Å²) in [4.78, 5) is 16.3. The minimum absolute atomic E-state index is 0.0220. The first-order valence-corrected chi connectivity index (χ1v) is 9.91. The zero-order chi connectivity index (χ0) is 17.4. The second-order valence-electron chi connectivity index (χ2n) is 5.04. The van der Waals surface area contributed by atoms with Gasteiger partial charge in [-0.1, -0.05) is 35.7 Å². The van der Waals surface area contributed by atoms with Gasteiger partial charge in [0.25, 0.3) is 0 Å². The summed E-state index contributed by atoms with van der Waals surface area (Å²) in [5.74, 6) is -0.0220. The summed E-state index contributed by atoms with van der Waals surface area (Å²) in [5.41, 5.74) is 1.63. The molecule has 24 heavy (non-hydrogen) atoms. The van der Waals surface area contributed by atoms with E-state index in [4.69, 9.17) is 28.3 Å². The SMILES string of the molecule is NSNCCCCCC(=O)Nc1nc(-c2ccc(Cl)c(Cl)c2)cs1. The van der Waals surface area contributed by atoms with E-state index in [0.717, 1.165) is 49.2 Å². The number of hydrogen-bond donors (Lipinski definition) is 3. The van der Waals surface area contributed by atoms with Crippen LogP contribution >= 0.6 is 46.7 Å². The van der Waals surface area contributed by atoms with E-state index in [1.54, 1.807) is 12.1 Å². The Kier molecular flexibility index (Phi) is 8.31. The van der Waals surface area contributed by atoms with Gasteiger partial charge >= 0.3 is 0 Å². The van der Waals surface area contributed by atoms with E-state index in [2.05, 4.69) is 15.0 Å². The Morgan fingerprint density at radius 3 is 2.83 bits per heavy atom. The molecule has 4 N–H and O–H groups in total. The molecule has 130 valence electrons. The van der Waals surface area contributed by atoms with Gasteiger partial charge in [0.1, 0.15) is 0 Å². The van der Waals surface area contributed by atoms with Crippen molar-refractivity contribution in [2.45, 2.75) is 25.7 Å². The molecule has 0 saturated carbocycles. The highest BCUT2D eigenvalue weighted by molar-refractivity contribution is 7.95. The van der Waals surface area contributed by atoms with Crippen molar-refractivity contribution in [2.75, 3.05) is 11.9 Å². The van der Waals surface area contributed by atoms with E-state index in [1.807, 2.05) is 11.4 Å². The van der Waals surface area contributed by atoms with Crippen LogP contribution in [0.2, 0.25) is 10.0 Å². The molecule has 1 aromatic heterocycles. The van der Waals surface area contributed by atoms with Gasteiger partial charge in [-0.25, -0.2) is 4.98 Å². The van der Waals surface area contributed by atoms with Gasteiger partial charge in [-0.15, -0.1) is 11.3 Å². The monoisotopic (exact) mass is 404 g/mol. The maximum absolute atomic E-state index is 11.9. The standard InChI is InChI=1S/C15H18Cl2N4OS2/c16-11-6-5-10(8-12(11)17)13-9-23-15(20-13)21-14(22)4-2-1-3-7-19-24-18/h5-6,8-9,19H,1-4,7,18H2,(H,20,21,22). The molecule has 0 spiro atoms. The molecule has 5 nitrogen and oxygen atoms in total. The first-order valence-electron chi connectivity index (χ1n) is 7.39. The van der Waals surface area contributed by atoms with Crippen LogP contribution in [0.4, 0.5) is 5.13 Å². The predicted octanol–water partition coefficient (Wildman–Crippen LogP) is 4.73. The Balaban J connectivity index is 1.80. The summed E-state index contributed by atoms with van der Waals surface area (Å²) in [6.07, 6.45) is 3.30. The Bertz CT molecular complexity index is 681. The molecule has 0 fully saturated rings. The first kappa shape index (κ1) is 19.5. The molecule has 9 heteroatoms. The number of anilines is 1. The third-order valence-electron chi connectivity index (χ3n) is 3.23. The van der Waals surface area contributed by atoms with Gasteiger partial charge in [-0.3, -0.25) is 14.7 Å². The summed E-state index contributed by atoms with van der Waals surface area (Å²) >= 11 is 14.4. The number of amides is 1. The number of rotatable bonds is 9. The van der Waals surface area contributed by atoms with Crippen LogP contribution in [0.1, 0.15) is 25.7 Å². The average Bonchev–Trinajstić information content (AvgIpc) is 3.02. The van der Waals surface area contributed by atoms with Gasteiger partial charge < -0.3 is 5.32 Å². The number of halogens is 2. The van der Waals surface area contributed by atoms with Crippen LogP contribution in [0.25, 0.3) is 11.3 Å². The molecule has 1 aromatic carbocycles. The van der Waals surface area contributed by atoms with Crippen LogP contribution in [0.5, 0.6) is 0 Å². The number of nitrogens with zero attached hydrogens (tertiary/aromatic N) is 1. The number of aromatic nitrogens is 1. The van der Waals surface area contributed by atoms with Crippen molar-refractivity contribution in [3.63, 3.8) is 0 Å². The van der Waals surface area contributed by atoms with Gasteiger partial charge in [0.15, 0.2) is 5.13 Å². The second-order valence-corrected chi connectivity index (χ2v) is 7.23. The summed E-state index contributed by atoms with van der Waals surface area (Å²) in [6.45, 7) is 0.849. The van der Waals surface area contributed by atoms with Crippen molar-refractivity contribution < 1.29 is 4.79 Å². The van der Waals surface area contributed by atoms with Crippen LogP contribution in [0.3, 0.4) is 0 Å². The van der Waals surface area contributed by atoms with Gasteiger partial charge in [0, 0.05) is 36.0 Å². The summed E-state index contributed by atoms with van der Waals surface area (Å²) in [5, 5.41) is 11.5. The molecule has 0 aliphatic carbocycles. The zero-order valence-corrected chi connectivity index (χ0v) is 16.0. The smallest absolute Gasteiger partial charge is 0.226 e. The normalized spacial score (nSPS) is 10.8. The Labute approximate surface area is 159 Å². The maximum atomic E-state index is 11.9. The lowest BCUT2D eigenvalue weighted by molar-refractivity contribution is -0.116. The van der Waals surface area contributed by atoms with Crippen LogP contribution in [0.15, 0.2) is 23.6 Å². The third-order valence-corrected chi connectivity index (χ3v) is 5.10. The molecular formula is C15H18Cl2N4OS2. The number of unbranched alkanes of at least 4 members (excludes halogenated alkanes) is 2. The zero-order valence-electron chi connectivity index (χ0n) is 12.9. The number of carbonyl (C=O) groups excluding carboxylic acids is 1. The molecular weight excluding hydrogens is 387 g/mol. The highest BCUT2D eigenvalue weighted by atomic mass is 35.5. The van der Waals surface area contributed by atoms with Gasteiger partial charge in [0.05, 0.1) is 15.7 Å². The maximum Gasteiger partial charge on any atom is 0.226 e. The lowest BCUT2D eigenvalue weighted by Gasteiger charge is -2.03. The van der Waals surface area contributed by atoms with Crippen molar-refractivity contribution in [1.29, 1.82) is 0 Å². The molecule has 1 amide bonds. The van der Waals surface area contributed by atoms with E-state index in [-0.39, 0.29) is 5.91 Å². The van der Waals surface area contributed by atoms with Gasteiger partial charge in [0.2, 0.25) is 5.91 Å². The average molecular weight is 405 g/mol. The van der Waals surface area contributed by atoms with Crippen LogP contribution < -0.4 is 15.2 Å². The van der Waals surface area contributed by atoms with Crippen molar-refractivity contribution in [1.82, 2.24) is 9.71 Å². The van der Waals surface area contributed by atoms with E-state index >= 15 is 0 Å². The minimum Gasteiger partial charge on any atom is -0.302 e. The lowest BCUT2D eigenvalue weighted by Crippen LogP contribution is -2.12. The first-order chi connectivity index (χ1) is 11.6. The fraction of sp³-hybridized carbons (Fsp3) is 0.333. The Morgan fingerprint density at radius 2 is 2.08 bits per heavy atom. The van der Waals surface area contributed by atoms with Crippen molar-refractivity contribution in [2.24, 2.45) is 5.14 Å². The fourth-order valence-electron chi connectivity index (χ4n) is 2.02. The molecule has 0 radical (unpaired) electrons. The molecule has 0 unspecified atom stereocenters. The highest BCUT2D eigenvalue weighted by Gasteiger charge is 2.09. The van der Waals surface area contributed by atoms with E-state index in [9.17, 15) is 4.79 Å². The molecule has 0 saturated heterocycles. The number of hydrogen-bond acceptors (Lipinski definition) is 6. The van der Waals surface area contributed by atoms with Crippen LogP contribution in [-0.2, 0) is 4.79 Å². The number of thiazole rings is 1. The van der Waals surface area contributed by atoms with E-state index in [1.165, 1.54) is 11.3 Å². The van der Waals surface area contributed by atoms with Crippen LogP contribution in [0, 0.1) is 0 Å². The van der Waals surface area contributed by atoms with Gasteiger partial charge in [-0.05, 0) is 25.0 Å². The molecule has 0 aliphatic rings. The van der Waals surface area contributed by atoms with Crippen molar-refractivity contribution >= 4 is 57.7 Å². The minimum atomic E-state index is -0.0220. The lowest BCUT2D eigenvalue weighted by atomic mass is 10.2. The molecule has 0 aliphatic heterocycles. The fourth-order valence-corrected chi connectivity index (χ4v) is 3.32. The summed E-state index contributed by atoms with van der Waals surface area (Å²) < 4.78 is 2.97. The number of carbonyl (C=O) groups is 1. The summed E-state index contributed by atoms with van der Waals surface area (Å²) in [6, 6.07) is 5.34. The molecule has 1 heterocycles. The molecule has 0 bridgehead atoms. The molecule has 2 aromatic rings. The topological polar surface area (TPSA) is 80.0 Å². The summed E-state index contributed by atoms with van der Waals surface area (Å²) in [7, 11) is 0. The highest BCUT2D eigenvalue weighted by Crippen LogP contribution is 2.30. The predicted molar refractivity (Wildman–Crippen MR) is 104 cm³/mol. The third kappa shape index (κ3) is 6.23. The van der Waals surface area contributed by atoms with Crippen LogP contribution in [-0.4, -0.2) is 17.4 Å². The quantitative estimate of drug-likeness (QED) is 0.415. The molecule has 2 rings (SSSR count). The van der Waals surface area contributed by atoms with Crippen molar-refractivity contribution in [3.8, 4) is 11.3 Å². The number of nitrogens with two attached hydrogens (primary N) is 1. The van der Waals surface area contributed by atoms with E-state index < -0.39 is 0 Å². The second kappa shape index (κ2) is 10.2. The molecule has 0 atom stereocenters.